The molecule has 0 atom stereocenters. The van der Waals surface area contributed by atoms with Gasteiger partial charge in [-0.1, -0.05) is 25.2 Å². The Labute approximate surface area is 119 Å². The predicted octanol–water partition coefficient (Wildman–Crippen LogP) is 3.68. The number of carbonyl (C=O) groups excluding carboxylic acids is 1. The Morgan fingerprint density at radius 1 is 1.32 bits per heavy atom. The summed E-state index contributed by atoms with van der Waals surface area (Å²) in [6.45, 7) is 6.80. The van der Waals surface area contributed by atoms with E-state index in [2.05, 4.69) is 18.7 Å². The lowest BCUT2D eigenvalue weighted by Crippen LogP contribution is -2.26. The van der Waals surface area contributed by atoms with E-state index in [-0.39, 0.29) is 0 Å². The molecule has 1 aromatic heterocycles. The Bertz CT molecular complexity index is 490. The molecular weight excluding hydrogens is 256 g/mol. The first kappa shape index (κ1) is 13.1. The van der Waals surface area contributed by atoms with E-state index in [1.54, 1.807) is 11.3 Å². The largest absolute Gasteiger partial charge is 0.347 e. The number of nitrogens with zero attached hydrogens (tertiary/aromatic N) is 2. The second-order valence-electron chi connectivity index (χ2n) is 5.93. The van der Waals surface area contributed by atoms with Gasteiger partial charge in [-0.05, 0) is 37.5 Å². The molecular formula is C15H22N2OS. The van der Waals surface area contributed by atoms with E-state index in [0.29, 0.717) is 17.6 Å². The molecule has 2 aliphatic rings. The van der Waals surface area contributed by atoms with Crippen molar-refractivity contribution in [1.29, 1.82) is 0 Å². The van der Waals surface area contributed by atoms with Crippen LogP contribution < -0.4 is 4.90 Å². The van der Waals surface area contributed by atoms with Crippen LogP contribution in [-0.4, -0.2) is 23.9 Å². The van der Waals surface area contributed by atoms with Crippen molar-refractivity contribution >= 4 is 22.3 Å². The average Bonchev–Trinajstić information content (AvgIpc) is 3.04. The standard InChI is InChI=1S/C15H22N2OS/c1-3-15(4-2)8-9-17(10-15)14-16-11-6-5-7-12(18)13(11)19-14/h3-10H2,1-2H3. The number of ketones is 1. The van der Waals surface area contributed by atoms with Gasteiger partial charge in [0.15, 0.2) is 10.9 Å². The average molecular weight is 278 g/mol. The summed E-state index contributed by atoms with van der Waals surface area (Å²) in [6, 6.07) is 0. The molecule has 1 fully saturated rings. The van der Waals surface area contributed by atoms with Gasteiger partial charge in [0.05, 0.1) is 10.6 Å². The molecule has 0 aromatic carbocycles. The smallest absolute Gasteiger partial charge is 0.186 e. The topological polar surface area (TPSA) is 33.2 Å². The fourth-order valence-electron chi connectivity index (χ4n) is 3.32. The van der Waals surface area contributed by atoms with Crippen molar-refractivity contribution in [2.24, 2.45) is 5.41 Å². The fraction of sp³-hybridized carbons (Fsp3) is 0.733. The Morgan fingerprint density at radius 2 is 2.11 bits per heavy atom. The second-order valence-corrected chi connectivity index (χ2v) is 6.91. The summed E-state index contributed by atoms with van der Waals surface area (Å²) in [5, 5.41) is 1.09. The van der Waals surface area contributed by atoms with Gasteiger partial charge in [-0.25, -0.2) is 4.98 Å². The van der Waals surface area contributed by atoms with Crippen molar-refractivity contribution in [3.63, 3.8) is 0 Å². The van der Waals surface area contributed by atoms with Gasteiger partial charge in [0.2, 0.25) is 0 Å². The Hall–Kier alpha value is -0.900. The van der Waals surface area contributed by atoms with E-state index >= 15 is 0 Å². The highest BCUT2D eigenvalue weighted by molar-refractivity contribution is 7.17. The minimum absolute atomic E-state index is 0.307. The minimum Gasteiger partial charge on any atom is -0.347 e. The Balaban J connectivity index is 1.83. The summed E-state index contributed by atoms with van der Waals surface area (Å²) >= 11 is 1.63. The Kier molecular flexibility index (Phi) is 3.37. The third-order valence-corrected chi connectivity index (χ3v) is 6.17. The van der Waals surface area contributed by atoms with Crippen molar-refractivity contribution in [3.05, 3.63) is 10.6 Å². The van der Waals surface area contributed by atoms with Crippen LogP contribution in [0.15, 0.2) is 0 Å². The van der Waals surface area contributed by atoms with Crippen LogP contribution >= 0.6 is 11.3 Å². The number of aromatic nitrogens is 1. The molecule has 0 amide bonds. The van der Waals surface area contributed by atoms with Crippen molar-refractivity contribution < 1.29 is 4.79 Å². The molecule has 0 N–H and O–H groups in total. The summed E-state index contributed by atoms with van der Waals surface area (Å²) in [5.74, 6) is 0.307. The van der Waals surface area contributed by atoms with E-state index in [9.17, 15) is 4.79 Å². The molecule has 19 heavy (non-hydrogen) atoms. The normalized spacial score (nSPS) is 21.8. The number of rotatable bonds is 3. The Morgan fingerprint density at radius 3 is 2.74 bits per heavy atom. The number of anilines is 1. The van der Waals surface area contributed by atoms with Crippen molar-refractivity contribution in [2.45, 2.75) is 52.4 Å². The quantitative estimate of drug-likeness (QED) is 0.845. The first-order valence-corrected chi connectivity index (χ1v) is 8.27. The van der Waals surface area contributed by atoms with E-state index in [1.165, 1.54) is 19.3 Å². The minimum atomic E-state index is 0.307. The first-order chi connectivity index (χ1) is 9.17. The van der Waals surface area contributed by atoms with Gasteiger partial charge in [0.25, 0.3) is 0 Å². The van der Waals surface area contributed by atoms with E-state index < -0.39 is 0 Å². The monoisotopic (exact) mass is 278 g/mol. The number of hydrogen-bond donors (Lipinski definition) is 0. The zero-order chi connectivity index (χ0) is 13.5. The van der Waals surface area contributed by atoms with Crippen LogP contribution in [0.25, 0.3) is 0 Å². The molecule has 1 aliphatic heterocycles. The maximum absolute atomic E-state index is 11.9. The summed E-state index contributed by atoms with van der Waals surface area (Å²) in [6.07, 6.45) is 6.41. The molecule has 0 bridgehead atoms. The van der Waals surface area contributed by atoms with Crippen LogP contribution in [-0.2, 0) is 6.42 Å². The van der Waals surface area contributed by atoms with E-state index in [0.717, 1.165) is 41.6 Å². The molecule has 0 unspecified atom stereocenters. The van der Waals surface area contributed by atoms with Gasteiger partial charge < -0.3 is 4.90 Å². The maximum Gasteiger partial charge on any atom is 0.186 e. The molecule has 1 aromatic rings. The molecule has 3 nitrogen and oxygen atoms in total. The van der Waals surface area contributed by atoms with Gasteiger partial charge in [-0.3, -0.25) is 4.79 Å². The zero-order valence-corrected chi connectivity index (χ0v) is 12.7. The molecule has 0 saturated carbocycles. The molecule has 104 valence electrons. The highest BCUT2D eigenvalue weighted by Gasteiger charge is 2.36. The SMILES string of the molecule is CCC1(CC)CCN(c2nc3c(s2)C(=O)CCC3)C1. The number of fused-ring (bicyclic) bond motifs is 1. The molecule has 0 spiro atoms. The molecule has 0 radical (unpaired) electrons. The summed E-state index contributed by atoms with van der Waals surface area (Å²) in [7, 11) is 0. The lowest BCUT2D eigenvalue weighted by molar-refractivity contribution is 0.0976. The van der Waals surface area contributed by atoms with Gasteiger partial charge in [-0.15, -0.1) is 0 Å². The highest BCUT2D eigenvalue weighted by atomic mass is 32.1. The number of aryl methyl sites for hydroxylation is 1. The second kappa shape index (κ2) is 4.89. The number of Topliss-reactive ketones (excluding diaryl/α,β-unsaturated/α-hetero) is 1. The van der Waals surface area contributed by atoms with Gasteiger partial charge in [0, 0.05) is 19.5 Å². The van der Waals surface area contributed by atoms with Crippen molar-refractivity contribution in [2.75, 3.05) is 18.0 Å². The third-order valence-electron chi connectivity index (χ3n) is 4.97. The molecule has 1 saturated heterocycles. The molecule has 3 rings (SSSR count). The molecule has 1 aliphatic carbocycles. The molecule has 2 heterocycles. The summed E-state index contributed by atoms with van der Waals surface area (Å²) < 4.78 is 0. The van der Waals surface area contributed by atoms with Gasteiger partial charge in [0.1, 0.15) is 0 Å². The summed E-state index contributed by atoms with van der Waals surface area (Å²) in [5.41, 5.74) is 1.53. The number of carbonyl (C=O) groups is 1. The van der Waals surface area contributed by atoms with Crippen LogP contribution in [0.5, 0.6) is 0 Å². The predicted molar refractivity (Wildman–Crippen MR) is 79.2 cm³/mol. The lowest BCUT2D eigenvalue weighted by atomic mass is 9.82. The number of hydrogen-bond acceptors (Lipinski definition) is 4. The van der Waals surface area contributed by atoms with Crippen molar-refractivity contribution in [1.82, 2.24) is 4.98 Å². The first-order valence-electron chi connectivity index (χ1n) is 7.45. The van der Waals surface area contributed by atoms with Crippen LogP contribution in [0.3, 0.4) is 0 Å². The van der Waals surface area contributed by atoms with Crippen LogP contribution in [0, 0.1) is 5.41 Å². The van der Waals surface area contributed by atoms with E-state index in [1.807, 2.05) is 0 Å². The fourth-order valence-corrected chi connectivity index (χ4v) is 4.42. The van der Waals surface area contributed by atoms with Crippen molar-refractivity contribution in [3.8, 4) is 0 Å². The molecule has 4 heteroatoms. The van der Waals surface area contributed by atoms with Gasteiger partial charge in [-0.2, -0.15) is 0 Å². The third kappa shape index (κ3) is 2.20. The lowest BCUT2D eigenvalue weighted by Gasteiger charge is -2.26. The maximum atomic E-state index is 11.9. The summed E-state index contributed by atoms with van der Waals surface area (Å²) in [4.78, 5) is 20.0. The zero-order valence-electron chi connectivity index (χ0n) is 11.9. The highest BCUT2D eigenvalue weighted by Crippen LogP contribution is 2.41. The van der Waals surface area contributed by atoms with E-state index in [4.69, 9.17) is 4.98 Å². The van der Waals surface area contributed by atoms with Crippen LogP contribution in [0.4, 0.5) is 5.13 Å². The van der Waals surface area contributed by atoms with Gasteiger partial charge >= 0.3 is 0 Å². The van der Waals surface area contributed by atoms with Crippen LogP contribution in [0.1, 0.15) is 61.3 Å². The van der Waals surface area contributed by atoms with Crippen LogP contribution in [0.2, 0.25) is 0 Å². The number of thiazole rings is 1.